The molecule has 0 N–H and O–H groups in total. The predicted molar refractivity (Wildman–Crippen MR) is 212 cm³/mol. The summed E-state index contributed by atoms with van der Waals surface area (Å²) in [7, 11) is 0. The van der Waals surface area contributed by atoms with Gasteiger partial charge < -0.3 is 13.7 Å². The highest BCUT2D eigenvalue weighted by atomic mass is 16.3. The van der Waals surface area contributed by atoms with E-state index in [0.717, 1.165) is 88.8 Å². The molecule has 0 atom stereocenters. The van der Waals surface area contributed by atoms with E-state index in [4.69, 9.17) is 8.83 Å². The number of nitrogens with zero attached hydrogens (tertiary/aromatic N) is 1. The van der Waals surface area contributed by atoms with Crippen molar-refractivity contribution in [3.8, 4) is 33.4 Å². The van der Waals surface area contributed by atoms with E-state index >= 15 is 0 Å². The van der Waals surface area contributed by atoms with Crippen molar-refractivity contribution >= 4 is 60.9 Å². The van der Waals surface area contributed by atoms with Crippen LogP contribution in [0.2, 0.25) is 0 Å². The average Bonchev–Trinajstić information content (AvgIpc) is 3.76. The summed E-state index contributed by atoms with van der Waals surface area (Å²) in [4.78, 5) is 2.28. The summed E-state index contributed by atoms with van der Waals surface area (Å²) in [5.74, 6) is 0. The van der Waals surface area contributed by atoms with Gasteiger partial charge in [-0.2, -0.15) is 0 Å². The first-order valence-corrected chi connectivity index (χ1v) is 17.3. The average molecular weight is 654 g/mol. The number of rotatable bonds is 6. The van der Waals surface area contributed by atoms with Crippen LogP contribution in [0.4, 0.5) is 17.1 Å². The lowest BCUT2D eigenvalue weighted by Gasteiger charge is -2.25. The van der Waals surface area contributed by atoms with Gasteiger partial charge in [0.2, 0.25) is 0 Å². The number of furan rings is 2. The highest BCUT2D eigenvalue weighted by Crippen LogP contribution is 2.42. The van der Waals surface area contributed by atoms with Crippen LogP contribution in [0.1, 0.15) is 0 Å². The molecular formula is C48H31NO2. The van der Waals surface area contributed by atoms with E-state index in [1.54, 1.807) is 0 Å². The molecule has 0 spiro atoms. The fraction of sp³-hybridized carbons (Fsp3) is 0. The Morgan fingerprint density at radius 2 is 0.686 bits per heavy atom. The van der Waals surface area contributed by atoms with E-state index in [-0.39, 0.29) is 0 Å². The molecule has 0 saturated heterocycles. The quantitative estimate of drug-likeness (QED) is 0.179. The lowest BCUT2D eigenvalue weighted by Crippen LogP contribution is -2.09. The molecule has 2 aromatic heterocycles. The molecule has 0 saturated carbocycles. The highest BCUT2D eigenvalue weighted by Gasteiger charge is 2.18. The molecule has 8 aromatic carbocycles. The number of para-hydroxylation sites is 4. The van der Waals surface area contributed by atoms with Gasteiger partial charge in [-0.25, -0.2) is 0 Å². The normalized spacial score (nSPS) is 11.5. The second kappa shape index (κ2) is 11.9. The van der Waals surface area contributed by atoms with Crippen molar-refractivity contribution in [1.82, 2.24) is 0 Å². The fourth-order valence-electron chi connectivity index (χ4n) is 7.41. The molecule has 10 aromatic rings. The van der Waals surface area contributed by atoms with E-state index in [1.165, 1.54) is 5.56 Å². The third kappa shape index (κ3) is 4.98. The maximum absolute atomic E-state index is 6.66. The maximum Gasteiger partial charge on any atom is 0.143 e. The van der Waals surface area contributed by atoms with Crippen molar-refractivity contribution in [2.75, 3.05) is 4.90 Å². The molecule has 3 nitrogen and oxygen atoms in total. The second-order valence-electron chi connectivity index (χ2n) is 12.9. The first kappa shape index (κ1) is 29.1. The third-order valence-corrected chi connectivity index (χ3v) is 9.88. The Morgan fingerprint density at radius 1 is 0.294 bits per heavy atom. The minimum Gasteiger partial charge on any atom is -0.455 e. The minimum atomic E-state index is 0.856. The third-order valence-electron chi connectivity index (χ3n) is 9.88. The Bertz CT molecular complexity index is 2780. The van der Waals surface area contributed by atoms with E-state index in [1.807, 2.05) is 6.07 Å². The Labute approximate surface area is 295 Å². The highest BCUT2D eigenvalue weighted by molar-refractivity contribution is 6.17. The van der Waals surface area contributed by atoms with E-state index in [9.17, 15) is 0 Å². The summed E-state index contributed by atoms with van der Waals surface area (Å²) in [5, 5.41) is 4.28. The molecular weight excluding hydrogens is 623 g/mol. The second-order valence-corrected chi connectivity index (χ2v) is 12.9. The summed E-state index contributed by atoms with van der Waals surface area (Å²) in [5.41, 5.74) is 13.6. The number of hydrogen-bond acceptors (Lipinski definition) is 3. The molecule has 51 heavy (non-hydrogen) atoms. The zero-order chi connectivity index (χ0) is 33.7. The van der Waals surface area contributed by atoms with Crippen molar-refractivity contribution in [2.45, 2.75) is 0 Å². The van der Waals surface area contributed by atoms with Crippen LogP contribution >= 0.6 is 0 Å². The van der Waals surface area contributed by atoms with Crippen molar-refractivity contribution < 1.29 is 8.83 Å². The van der Waals surface area contributed by atoms with Gasteiger partial charge in [0.25, 0.3) is 0 Å². The van der Waals surface area contributed by atoms with Gasteiger partial charge in [-0.3, -0.25) is 0 Å². The lowest BCUT2D eigenvalue weighted by atomic mass is 9.98. The zero-order valence-corrected chi connectivity index (χ0v) is 27.7. The molecule has 0 radical (unpaired) electrons. The molecule has 0 unspecified atom stereocenters. The monoisotopic (exact) mass is 653 g/mol. The topological polar surface area (TPSA) is 29.5 Å². The van der Waals surface area contributed by atoms with Crippen LogP contribution < -0.4 is 4.90 Å². The number of benzene rings is 8. The largest absolute Gasteiger partial charge is 0.455 e. The zero-order valence-electron chi connectivity index (χ0n) is 27.7. The Morgan fingerprint density at radius 3 is 1.18 bits per heavy atom. The Hall–Kier alpha value is -6.84. The maximum atomic E-state index is 6.66. The standard InChI is InChI=1S/C48H31NO2/c1-4-12-34(13-5-1)39-18-10-20-41-43-30-46-44(31-45(43)50-47(39)41)42-21-11-19-40(48(42)51-46)35-24-22-32(23-25-35)33-26-28-38(29-27-33)49(36-14-6-2-7-15-36)37-16-8-3-9-17-37/h1-31H. The summed E-state index contributed by atoms with van der Waals surface area (Å²) >= 11 is 0. The molecule has 240 valence electrons. The lowest BCUT2D eigenvalue weighted by molar-refractivity contribution is 0.665. The van der Waals surface area contributed by atoms with Gasteiger partial charge in [0, 0.05) is 49.7 Å². The van der Waals surface area contributed by atoms with Crippen LogP contribution in [0.15, 0.2) is 197 Å². The summed E-state index contributed by atoms with van der Waals surface area (Å²) in [6.07, 6.45) is 0. The van der Waals surface area contributed by atoms with Gasteiger partial charge in [-0.15, -0.1) is 0 Å². The molecule has 0 bridgehead atoms. The molecule has 0 aliphatic rings. The number of hydrogen-bond donors (Lipinski definition) is 0. The minimum absolute atomic E-state index is 0.856. The van der Waals surface area contributed by atoms with Crippen LogP contribution in [0.5, 0.6) is 0 Å². The number of anilines is 3. The van der Waals surface area contributed by atoms with E-state index < -0.39 is 0 Å². The van der Waals surface area contributed by atoms with Gasteiger partial charge >= 0.3 is 0 Å². The number of fused-ring (bicyclic) bond motifs is 6. The SMILES string of the molecule is c1ccc(-c2cccc3c2oc2cc4c(cc23)oc2c(-c3ccc(-c5ccc(N(c6ccccc6)c6ccccc6)cc5)cc3)cccc24)cc1. The first-order chi connectivity index (χ1) is 25.3. The van der Waals surface area contributed by atoms with Gasteiger partial charge in [0.05, 0.1) is 0 Å². The van der Waals surface area contributed by atoms with Gasteiger partial charge in [-0.05, 0) is 70.8 Å². The molecule has 10 rings (SSSR count). The van der Waals surface area contributed by atoms with Gasteiger partial charge in [0.1, 0.15) is 22.3 Å². The fourth-order valence-corrected chi connectivity index (χ4v) is 7.41. The predicted octanol–water partition coefficient (Wildman–Crippen LogP) is 14.0. The molecule has 2 heterocycles. The Kier molecular flexibility index (Phi) is 6.81. The summed E-state index contributed by atoms with van der Waals surface area (Å²) < 4.78 is 13.2. The summed E-state index contributed by atoms with van der Waals surface area (Å²) in [6.45, 7) is 0. The van der Waals surface area contributed by atoms with Crippen molar-refractivity contribution in [1.29, 1.82) is 0 Å². The summed E-state index contributed by atoms with van der Waals surface area (Å²) in [6, 6.07) is 66.0. The van der Waals surface area contributed by atoms with Crippen molar-refractivity contribution in [3.63, 3.8) is 0 Å². The van der Waals surface area contributed by atoms with Gasteiger partial charge in [-0.1, -0.05) is 140 Å². The molecule has 0 fully saturated rings. The van der Waals surface area contributed by atoms with Crippen LogP contribution in [0.25, 0.3) is 77.3 Å². The smallest absolute Gasteiger partial charge is 0.143 e. The van der Waals surface area contributed by atoms with Crippen molar-refractivity contribution in [3.05, 3.63) is 188 Å². The molecule has 3 heteroatoms. The van der Waals surface area contributed by atoms with Crippen LogP contribution in [-0.4, -0.2) is 0 Å². The van der Waals surface area contributed by atoms with E-state index in [2.05, 4.69) is 187 Å². The van der Waals surface area contributed by atoms with E-state index in [0.29, 0.717) is 0 Å². The molecule has 0 amide bonds. The van der Waals surface area contributed by atoms with Crippen LogP contribution in [0.3, 0.4) is 0 Å². The van der Waals surface area contributed by atoms with Crippen LogP contribution in [-0.2, 0) is 0 Å². The molecule has 0 aliphatic carbocycles. The van der Waals surface area contributed by atoms with Gasteiger partial charge in [0.15, 0.2) is 0 Å². The first-order valence-electron chi connectivity index (χ1n) is 17.3. The van der Waals surface area contributed by atoms with Crippen molar-refractivity contribution in [2.24, 2.45) is 0 Å². The Balaban J connectivity index is 0.991. The van der Waals surface area contributed by atoms with Crippen LogP contribution in [0, 0.1) is 0 Å². The molecule has 0 aliphatic heterocycles.